The number of hydrogen-bond acceptors (Lipinski definition) is 3. The highest BCUT2D eigenvalue weighted by molar-refractivity contribution is 9.10. The predicted molar refractivity (Wildman–Crippen MR) is 76.9 cm³/mol. The van der Waals surface area contributed by atoms with Crippen molar-refractivity contribution in [2.75, 3.05) is 4.72 Å². The molecule has 2 aromatic rings. The Labute approximate surface area is 122 Å². The summed E-state index contributed by atoms with van der Waals surface area (Å²) in [6.45, 7) is 0. The minimum absolute atomic E-state index is 0.196. The minimum Gasteiger partial charge on any atom is -0.277 e. The van der Waals surface area contributed by atoms with Crippen molar-refractivity contribution in [2.45, 2.75) is 4.90 Å². The van der Waals surface area contributed by atoms with Crippen LogP contribution in [0.4, 0.5) is 5.69 Å². The Bertz CT molecular complexity index is 657. The van der Waals surface area contributed by atoms with Crippen molar-refractivity contribution in [1.82, 2.24) is 4.98 Å². The van der Waals surface area contributed by atoms with Gasteiger partial charge in [0.15, 0.2) is 0 Å². The van der Waals surface area contributed by atoms with E-state index in [0.717, 1.165) is 4.47 Å². The molecule has 2 rings (SSSR count). The third kappa shape index (κ3) is 3.09. The Balaban J connectivity index is 2.33. The number of benzene rings is 1. The van der Waals surface area contributed by atoms with Gasteiger partial charge in [0, 0.05) is 10.7 Å². The summed E-state index contributed by atoms with van der Waals surface area (Å²) >= 11 is 6.45. The number of rotatable bonds is 3. The average molecular weight is 392 g/mol. The first-order valence-electron chi connectivity index (χ1n) is 4.88. The van der Waals surface area contributed by atoms with Crippen molar-refractivity contribution >= 4 is 47.6 Å². The quantitative estimate of drug-likeness (QED) is 0.815. The summed E-state index contributed by atoms with van der Waals surface area (Å²) in [6, 6.07) is 9.69. The Hall–Kier alpha value is -0.920. The molecule has 0 aliphatic carbocycles. The zero-order chi connectivity index (χ0) is 13.2. The Kier molecular flexibility index (Phi) is 4.04. The molecule has 0 amide bonds. The second kappa shape index (κ2) is 5.38. The molecule has 0 atom stereocenters. The molecule has 1 N–H and O–H groups in total. The molecule has 1 aromatic carbocycles. The Morgan fingerprint density at radius 2 is 1.72 bits per heavy atom. The van der Waals surface area contributed by atoms with Crippen LogP contribution in [-0.2, 0) is 10.0 Å². The molecule has 94 valence electrons. The van der Waals surface area contributed by atoms with Crippen LogP contribution in [0, 0.1) is 0 Å². The molecule has 0 radical (unpaired) electrons. The number of hydrogen-bond donors (Lipinski definition) is 1. The maximum absolute atomic E-state index is 12.1. The third-order valence-electron chi connectivity index (χ3n) is 2.13. The summed E-state index contributed by atoms with van der Waals surface area (Å²) in [7, 11) is -3.59. The fourth-order valence-electron chi connectivity index (χ4n) is 1.28. The van der Waals surface area contributed by atoms with Crippen LogP contribution >= 0.6 is 31.9 Å². The number of nitrogens with zero attached hydrogens (tertiary/aromatic N) is 1. The van der Waals surface area contributed by atoms with Crippen LogP contribution in [0.3, 0.4) is 0 Å². The topological polar surface area (TPSA) is 59.1 Å². The summed E-state index contributed by atoms with van der Waals surface area (Å²) in [6.07, 6.45) is 1.57. The average Bonchev–Trinajstić information content (AvgIpc) is 2.32. The first-order chi connectivity index (χ1) is 8.49. The normalized spacial score (nSPS) is 11.2. The monoisotopic (exact) mass is 390 g/mol. The van der Waals surface area contributed by atoms with E-state index in [-0.39, 0.29) is 4.90 Å². The summed E-state index contributed by atoms with van der Waals surface area (Å²) in [5.41, 5.74) is 0.403. The van der Waals surface area contributed by atoms with Gasteiger partial charge in [-0.3, -0.25) is 4.72 Å². The van der Waals surface area contributed by atoms with Crippen LogP contribution in [0.5, 0.6) is 0 Å². The second-order valence-electron chi connectivity index (χ2n) is 3.40. The van der Waals surface area contributed by atoms with Gasteiger partial charge < -0.3 is 0 Å². The molecule has 18 heavy (non-hydrogen) atoms. The second-order valence-corrected chi connectivity index (χ2v) is 6.75. The molecule has 0 aliphatic rings. The number of anilines is 1. The van der Waals surface area contributed by atoms with E-state index in [1.807, 2.05) is 0 Å². The van der Waals surface area contributed by atoms with Gasteiger partial charge in [0.2, 0.25) is 0 Å². The SMILES string of the molecule is O=S(=O)(Nc1cccnc1Br)c1ccc(Br)cc1. The summed E-state index contributed by atoms with van der Waals surface area (Å²) < 4.78 is 27.9. The molecule has 1 heterocycles. The lowest BCUT2D eigenvalue weighted by molar-refractivity contribution is 0.601. The van der Waals surface area contributed by atoms with Gasteiger partial charge in [-0.15, -0.1) is 0 Å². The van der Waals surface area contributed by atoms with Crippen molar-refractivity contribution in [3.63, 3.8) is 0 Å². The van der Waals surface area contributed by atoms with Gasteiger partial charge in [0.25, 0.3) is 10.0 Å². The van der Waals surface area contributed by atoms with Gasteiger partial charge in [0.05, 0.1) is 10.6 Å². The van der Waals surface area contributed by atoms with E-state index in [2.05, 4.69) is 41.6 Å². The van der Waals surface area contributed by atoms with Gasteiger partial charge in [0.1, 0.15) is 4.60 Å². The van der Waals surface area contributed by atoms with E-state index in [4.69, 9.17) is 0 Å². The fourth-order valence-corrected chi connectivity index (χ4v) is 3.09. The lowest BCUT2D eigenvalue weighted by atomic mass is 10.4. The minimum atomic E-state index is -3.59. The molecule has 7 heteroatoms. The zero-order valence-corrected chi connectivity index (χ0v) is 13.0. The molecule has 0 spiro atoms. The number of halogens is 2. The first kappa shape index (κ1) is 13.5. The van der Waals surface area contributed by atoms with E-state index in [0.29, 0.717) is 10.3 Å². The first-order valence-corrected chi connectivity index (χ1v) is 7.95. The number of aromatic nitrogens is 1. The molecular weight excluding hydrogens is 384 g/mol. The van der Waals surface area contributed by atoms with Crippen LogP contribution in [0.15, 0.2) is 56.6 Å². The van der Waals surface area contributed by atoms with Crippen LogP contribution < -0.4 is 4.72 Å². The maximum Gasteiger partial charge on any atom is 0.261 e. The van der Waals surface area contributed by atoms with Gasteiger partial charge >= 0.3 is 0 Å². The van der Waals surface area contributed by atoms with E-state index in [1.165, 1.54) is 12.1 Å². The Morgan fingerprint density at radius 3 is 2.33 bits per heavy atom. The number of sulfonamides is 1. The highest BCUT2D eigenvalue weighted by Gasteiger charge is 2.15. The summed E-state index contributed by atoms with van der Waals surface area (Å²) in [4.78, 5) is 4.15. The van der Waals surface area contributed by atoms with Crippen molar-refractivity contribution in [3.05, 3.63) is 51.7 Å². The smallest absolute Gasteiger partial charge is 0.261 e. The molecule has 0 saturated heterocycles. The standard InChI is InChI=1S/C11H8Br2N2O2S/c12-8-3-5-9(6-4-8)18(16,17)15-10-2-1-7-14-11(10)13/h1-7,15H. The molecular formula is C11H8Br2N2O2S. The van der Waals surface area contributed by atoms with Crippen LogP contribution in [0.1, 0.15) is 0 Å². The van der Waals surface area contributed by atoms with Crippen LogP contribution in [0.25, 0.3) is 0 Å². The molecule has 1 aromatic heterocycles. The number of pyridine rings is 1. The van der Waals surface area contributed by atoms with Crippen LogP contribution in [-0.4, -0.2) is 13.4 Å². The van der Waals surface area contributed by atoms with Crippen LogP contribution in [0.2, 0.25) is 0 Å². The van der Waals surface area contributed by atoms with E-state index in [1.54, 1.807) is 30.5 Å². The molecule has 0 bridgehead atoms. The lowest BCUT2D eigenvalue weighted by Crippen LogP contribution is -2.13. The maximum atomic E-state index is 12.1. The molecule has 0 aliphatic heterocycles. The zero-order valence-electron chi connectivity index (χ0n) is 8.97. The van der Waals surface area contributed by atoms with E-state index < -0.39 is 10.0 Å². The van der Waals surface area contributed by atoms with Crippen molar-refractivity contribution in [3.8, 4) is 0 Å². The predicted octanol–water partition coefficient (Wildman–Crippen LogP) is 3.41. The summed E-state index contributed by atoms with van der Waals surface area (Å²) in [5, 5.41) is 0. The molecule has 0 fully saturated rings. The molecule has 0 unspecified atom stereocenters. The van der Waals surface area contributed by atoms with Crippen molar-refractivity contribution in [2.24, 2.45) is 0 Å². The van der Waals surface area contributed by atoms with Crippen molar-refractivity contribution < 1.29 is 8.42 Å². The van der Waals surface area contributed by atoms with Gasteiger partial charge in [-0.25, -0.2) is 13.4 Å². The lowest BCUT2D eigenvalue weighted by Gasteiger charge is -2.08. The third-order valence-corrected chi connectivity index (χ3v) is 4.67. The molecule has 0 saturated carbocycles. The van der Waals surface area contributed by atoms with Gasteiger partial charge in [-0.1, -0.05) is 15.9 Å². The Morgan fingerprint density at radius 1 is 1.06 bits per heavy atom. The fraction of sp³-hybridized carbons (Fsp3) is 0. The summed E-state index contributed by atoms with van der Waals surface area (Å²) in [5.74, 6) is 0. The highest BCUT2D eigenvalue weighted by atomic mass is 79.9. The molecule has 4 nitrogen and oxygen atoms in total. The highest BCUT2D eigenvalue weighted by Crippen LogP contribution is 2.23. The van der Waals surface area contributed by atoms with E-state index in [9.17, 15) is 8.42 Å². The van der Waals surface area contributed by atoms with Crippen molar-refractivity contribution in [1.29, 1.82) is 0 Å². The van der Waals surface area contributed by atoms with Gasteiger partial charge in [-0.2, -0.15) is 0 Å². The van der Waals surface area contributed by atoms with E-state index >= 15 is 0 Å². The largest absolute Gasteiger partial charge is 0.277 e. The number of nitrogens with one attached hydrogen (secondary N) is 1. The van der Waals surface area contributed by atoms with Gasteiger partial charge in [-0.05, 0) is 52.3 Å².